The summed E-state index contributed by atoms with van der Waals surface area (Å²) in [5.74, 6) is -0.624. The number of carboxylic acids is 1. The molecule has 0 aromatic rings. The fraction of sp³-hybridized carbons (Fsp3) is 0.667. The Morgan fingerprint density at radius 2 is 1.94 bits per heavy atom. The van der Waals surface area contributed by atoms with Crippen molar-refractivity contribution in [1.29, 1.82) is 0 Å². The first-order valence-electron chi connectivity index (χ1n) is 4.84. The average molecular weight is 248 g/mol. The molecule has 0 saturated carbocycles. The normalized spacial score (nSPS) is 9.56. The number of nitrogens with one attached hydrogen (secondary N) is 2. The van der Waals surface area contributed by atoms with Crippen LogP contribution in [-0.2, 0) is 9.59 Å². The molecule has 3 N–H and O–H groups in total. The van der Waals surface area contributed by atoms with Crippen molar-refractivity contribution in [3.8, 4) is 0 Å². The molecule has 0 rings (SSSR count). The summed E-state index contributed by atoms with van der Waals surface area (Å²) in [5.41, 5.74) is 0. The van der Waals surface area contributed by atoms with Gasteiger partial charge in [0.25, 0.3) is 0 Å². The lowest BCUT2D eigenvalue weighted by atomic mass is 10.2. The van der Waals surface area contributed by atoms with E-state index in [9.17, 15) is 14.4 Å². The summed E-state index contributed by atoms with van der Waals surface area (Å²) in [6.45, 7) is 0.495. The molecule has 0 aliphatic rings. The van der Waals surface area contributed by atoms with Gasteiger partial charge in [-0.2, -0.15) is 11.8 Å². The second kappa shape index (κ2) is 9.02. The number of hydrogen-bond acceptors (Lipinski definition) is 4. The van der Waals surface area contributed by atoms with Crippen LogP contribution >= 0.6 is 11.8 Å². The van der Waals surface area contributed by atoms with Gasteiger partial charge in [-0.25, -0.2) is 4.79 Å². The van der Waals surface area contributed by atoms with Crippen molar-refractivity contribution in [3.05, 3.63) is 0 Å². The number of amides is 3. The van der Waals surface area contributed by atoms with Gasteiger partial charge in [0.15, 0.2) is 0 Å². The van der Waals surface area contributed by atoms with Crippen molar-refractivity contribution in [2.24, 2.45) is 0 Å². The summed E-state index contributed by atoms with van der Waals surface area (Å²) in [4.78, 5) is 32.3. The number of carbonyl (C=O) groups excluding carboxylic acids is 2. The van der Waals surface area contributed by atoms with Crippen molar-refractivity contribution in [2.75, 3.05) is 18.6 Å². The highest BCUT2D eigenvalue weighted by molar-refractivity contribution is 7.98. The molecular weight excluding hydrogens is 232 g/mol. The van der Waals surface area contributed by atoms with Gasteiger partial charge in [-0.3, -0.25) is 14.9 Å². The molecule has 6 nitrogen and oxygen atoms in total. The predicted octanol–water partition coefficient (Wildman–Crippen LogP) is 0.430. The van der Waals surface area contributed by atoms with Gasteiger partial charge in [-0.15, -0.1) is 0 Å². The van der Waals surface area contributed by atoms with Gasteiger partial charge in [-0.1, -0.05) is 0 Å². The zero-order valence-corrected chi connectivity index (χ0v) is 9.93. The molecule has 0 saturated heterocycles. The maximum Gasteiger partial charge on any atom is 0.321 e. The largest absolute Gasteiger partial charge is 0.481 e. The van der Waals surface area contributed by atoms with E-state index in [1.165, 1.54) is 0 Å². The summed E-state index contributed by atoms with van der Waals surface area (Å²) in [6, 6.07) is -0.533. The Balaban J connectivity index is 3.54. The van der Waals surface area contributed by atoms with E-state index >= 15 is 0 Å². The molecule has 92 valence electrons. The molecule has 0 spiro atoms. The first-order chi connectivity index (χ1) is 7.56. The number of thioether (sulfide) groups is 1. The fourth-order valence-corrected chi connectivity index (χ4v) is 1.21. The molecule has 16 heavy (non-hydrogen) atoms. The number of imide groups is 1. The topological polar surface area (TPSA) is 95.5 Å². The van der Waals surface area contributed by atoms with Crippen LogP contribution in [0.1, 0.15) is 19.3 Å². The summed E-state index contributed by atoms with van der Waals surface area (Å²) < 4.78 is 0. The minimum absolute atomic E-state index is 0.0439. The Hall–Kier alpha value is -1.24. The summed E-state index contributed by atoms with van der Waals surface area (Å²) in [6.07, 6.45) is 2.12. The van der Waals surface area contributed by atoms with Crippen molar-refractivity contribution in [2.45, 2.75) is 19.3 Å². The fourth-order valence-electron chi connectivity index (χ4n) is 0.900. The summed E-state index contributed by atoms with van der Waals surface area (Å²) >= 11 is 1.59. The average Bonchev–Trinajstić information content (AvgIpc) is 2.17. The van der Waals surface area contributed by atoms with E-state index < -0.39 is 17.9 Å². The van der Waals surface area contributed by atoms with E-state index in [-0.39, 0.29) is 19.3 Å². The molecule has 0 aromatic heterocycles. The molecular formula is C9H16N2O4S. The SMILES string of the molecule is CSCCNC(=O)NC(=O)CCCC(=O)O. The van der Waals surface area contributed by atoms with Crippen LogP contribution in [0.2, 0.25) is 0 Å². The van der Waals surface area contributed by atoms with E-state index in [2.05, 4.69) is 10.6 Å². The van der Waals surface area contributed by atoms with E-state index in [4.69, 9.17) is 5.11 Å². The standard InChI is InChI=1S/C9H16N2O4S/c1-16-6-5-10-9(15)11-7(12)3-2-4-8(13)14/h2-6H2,1H3,(H,13,14)(H2,10,11,12,15). The number of aliphatic carboxylic acids is 1. The maximum atomic E-state index is 11.1. The minimum atomic E-state index is -0.947. The summed E-state index contributed by atoms with van der Waals surface area (Å²) in [7, 11) is 0. The number of rotatable bonds is 7. The smallest absolute Gasteiger partial charge is 0.321 e. The Labute approximate surface area is 98.2 Å². The zero-order valence-electron chi connectivity index (χ0n) is 9.12. The van der Waals surface area contributed by atoms with Gasteiger partial charge in [0.05, 0.1) is 0 Å². The molecule has 0 heterocycles. The number of carboxylic acid groups (broad SMARTS) is 1. The zero-order chi connectivity index (χ0) is 12.4. The number of carbonyl (C=O) groups is 3. The minimum Gasteiger partial charge on any atom is -0.481 e. The highest BCUT2D eigenvalue weighted by atomic mass is 32.2. The van der Waals surface area contributed by atoms with E-state index in [0.29, 0.717) is 6.54 Å². The Morgan fingerprint density at radius 3 is 2.50 bits per heavy atom. The molecule has 0 fully saturated rings. The van der Waals surface area contributed by atoms with E-state index in [1.807, 2.05) is 6.26 Å². The third-order valence-electron chi connectivity index (χ3n) is 1.64. The summed E-state index contributed by atoms with van der Waals surface area (Å²) in [5, 5.41) is 13.0. The molecule has 0 bridgehead atoms. The number of hydrogen-bond donors (Lipinski definition) is 3. The van der Waals surface area contributed by atoms with Crippen molar-refractivity contribution in [3.63, 3.8) is 0 Å². The number of urea groups is 1. The Morgan fingerprint density at radius 1 is 1.25 bits per heavy atom. The highest BCUT2D eigenvalue weighted by Gasteiger charge is 2.07. The molecule has 0 unspecified atom stereocenters. The van der Waals surface area contributed by atoms with Crippen LogP contribution in [0, 0.1) is 0 Å². The molecule has 0 aliphatic heterocycles. The molecule has 7 heteroatoms. The van der Waals surface area contributed by atoms with Crippen LogP contribution in [0.15, 0.2) is 0 Å². The van der Waals surface area contributed by atoms with Gasteiger partial charge < -0.3 is 10.4 Å². The van der Waals surface area contributed by atoms with Gasteiger partial charge in [0.2, 0.25) is 5.91 Å². The van der Waals surface area contributed by atoms with E-state index in [0.717, 1.165) is 5.75 Å². The third-order valence-corrected chi connectivity index (χ3v) is 2.25. The maximum absolute atomic E-state index is 11.1. The van der Waals surface area contributed by atoms with Gasteiger partial charge in [-0.05, 0) is 12.7 Å². The quantitative estimate of drug-likeness (QED) is 0.568. The van der Waals surface area contributed by atoms with Crippen LogP contribution < -0.4 is 10.6 Å². The van der Waals surface area contributed by atoms with Gasteiger partial charge >= 0.3 is 12.0 Å². The molecule has 0 radical (unpaired) electrons. The van der Waals surface area contributed by atoms with Crippen molar-refractivity contribution in [1.82, 2.24) is 10.6 Å². The van der Waals surface area contributed by atoms with Gasteiger partial charge in [0.1, 0.15) is 0 Å². The van der Waals surface area contributed by atoms with Crippen LogP contribution in [0.3, 0.4) is 0 Å². The third kappa shape index (κ3) is 9.32. The molecule has 0 atom stereocenters. The lowest BCUT2D eigenvalue weighted by Crippen LogP contribution is -2.40. The predicted molar refractivity (Wildman–Crippen MR) is 61.4 cm³/mol. The lowest BCUT2D eigenvalue weighted by Gasteiger charge is -2.05. The van der Waals surface area contributed by atoms with Crippen molar-refractivity contribution >= 4 is 29.7 Å². The molecule has 0 aromatic carbocycles. The second-order valence-corrected chi connectivity index (χ2v) is 4.03. The highest BCUT2D eigenvalue weighted by Crippen LogP contribution is 1.94. The van der Waals surface area contributed by atoms with E-state index in [1.54, 1.807) is 11.8 Å². The first kappa shape index (κ1) is 14.8. The van der Waals surface area contributed by atoms with Crippen LogP contribution in [0.5, 0.6) is 0 Å². The Bertz CT molecular complexity index is 258. The van der Waals surface area contributed by atoms with Crippen LogP contribution in [-0.4, -0.2) is 41.6 Å². The van der Waals surface area contributed by atoms with Crippen LogP contribution in [0.25, 0.3) is 0 Å². The molecule has 3 amide bonds. The van der Waals surface area contributed by atoms with Gasteiger partial charge in [0, 0.05) is 25.1 Å². The van der Waals surface area contributed by atoms with Crippen molar-refractivity contribution < 1.29 is 19.5 Å². The molecule has 0 aliphatic carbocycles. The lowest BCUT2D eigenvalue weighted by molar-refractivity contribution is -0.137. The monoisotopic (exact) mass is 248 g/mol. The Kier molecular flexibility index (Phi) is 8.32. The van der Waals surface area contributed by atoms with Crippen LogP contribution in [0.4, 0.5) is 4.79 Å². The second-order valence-electron chi connectivity index (χ2n) is 3.04. The first-order valence-corrected chi connectivity index (χ1v) is 6.24.